The predicted octanol–water partition coefficient (Wildman–Crippen LogP) is 1.16. The first kappa shape index (κ1) is 18.1. The molecule has 3 heterocycles. The Kier molecular flexibility index (Phi) is 4.70. The Bertz CT molecular complexity index is 943. The van der Waals surface area contributed by atoms with Crippen LogP contribution in [0.15, 0.2) is 46.8 Å². The number of β-lactam (4-membered cyclic amide) rings is 1. The number of aliphatic carboxylic acids is 1. The first-order chi connectivity index (χ1) is 13.0. The van der Waals surface area contributed by atoms with Gasteiger partial charge in [0.25, 0.3) is 0 Å². The van der Waals surface area contributed by atoms with E-state index >= 15 is 0 Å². The average Bonchev–Trinajstić information content (AvgIpc) is 3.05. The number of nitrogens with zero attached hydrogens (tertiary/aromatic N) is 4. The molecule has 0 spiro atoms. The van der Waals surface area contributed by atoms with Crippen LogP contribution < -0.4 is 5.73 Å². The third-order valence-corrected chi connectivity index (χ3v) is 7.00. The van der Waals surface area contributed by atoms with Crippen LogP contribution in [0.3, 0.4) is 0 Å². The average molecular weight is 403 g/mol. The highest BCUT2D eigenvalue weighted by Crippen LogP contribution is 2.40. The van der Waals surface area contributed by atoms with Crippen LogP contribution in [0.5, 0.6) is 0 Å². The Labute approximate surface area is 163 Å². The summed E-state index contributed by atoms with van der Waals surface area (Å²) in [7, 11) is 1.88. The van der Waals surface area contributed by atoms with Crippen molar-refractivity contribution in [2.45, 2.75) is 16.6 Å². The quantitative estimate of drug-likeness (QED) is 0.565. The summed E-state index contributed by atoms with van der Waals surface area (Å²) in [6.07, 6.45) is 0. The van der Waals surface area contributed by atoms with Gasteiger partial charge in [-0.3, -0.25) is 9.69 Å². The number of hydrogen-bond donors (Lipinski definition) is 2. The first-order valence-corrected chi connectivity index (χ1v) is 10.3. The molecule has 0 aliphatic carbocycles. The molecule has 1 unspecified atom stereocenters. The Balaban J connectivity index is 1.56. The SMILES string of the molecule is Cn1c(SCC2=C(C(=O)O)N3C(=O)[C@@H](N)C3SC2)nnc1-c1ccccc1. The van der Waals surface area contributed by atoms with Crippen molar-refractivity contribution in [1.82, 2.24) is 19.7 Å². The van der Waals surface area contributed by atoms with E-state index in [-0.39, 0.29) is 17.0 Å². The fraction of sp³-hybridized carbons (Fsp3) is 0.294. The number of amides is 1. The fourth-order valence-corrected chi connectivity index (χ4v) is 5.46. The zero-order chi connectivity index (χ0) is 19.1. The van der Waals surface area contributed by atoms with Crippen molar-refractivity contribution in [1.29, 1.82) is 0 Å². The number of carboxylic acid groups (broad SMARTS) is 1. The molecular formula is C17H17N5O3S2. The Hall–Kier alpha value is -2.30. The van der Waals surface area contributed by atoms with E-state index < -0.39 is 12.0 Å². The maximum Gasteiger partial charge on any atom is 0.352 e. The topological polar surface area (TPSA) is 114 Å². The molecule has 1 fully saturated rings. The van der Waals surface area contributed by atoms with E-state index in [0.717, 1.165) is 11.4 Å². The van der Waals surface area contributed by atoms with Gasteiger partial charge in [-0.05, 0) is 5.57 Å². The lowest BCUT2D eigenvalue weighted by atomic mass is 10.0. The van der Waals surface area contributed by atoms with Crippen LogP contribution in [0, 0.1) is 0 Å². The molecule has 1 aromatic carbocycles. The van der Waals surface area contributed by atoms with Crippen molar-refractivity contribution >= 4 is 35.4 Å². The van der Waals surface area contributed by atoms with Gasteiger partial charge in [0, 0.05) is 24.1 Å². The molecule has 2 aliphatic rings. The molecule has 1 amide bonds. The van der Waals surface area contributed by atoms with Crippen molar-refractivity contribution in [3.63, 3.8) is 0 Å². The number of carbonyl (C=O) groups is 2. The van der Waals surface area contributed by atoms with Crippen LogP contribution in [-0.4, -0.2) is 59.6 Å². The van der Waals surface area contributed by atoms with Crippen molar-refractivity contribution in [2.24, 2.45) is 12.8 Å². The smallest absolute Gasteiger partial charge is 0.352 e. The monoisotopic (exact) mass is 403 g/mol. The van der Waals surface area contributed by atoms with Crippen molar-refractivity contribution < 1.29 is 14.7 Å². The number of carboxylic acids is 1. The predicted molar refractivity (Wildman–Crippen MR) is 103 cm³/mol. The number of benzene rings is 1. The lowest BCUT2D eigenvalue weighted by molar-refractivity contribution is -0.147. The molecule has 0 radical (unpaired) electrons. The van der Waals surface area contributed by atoms with Gasteiger partial charge >= 0.3 is 5.97 Å². The second-order valence-electron chi connectivity index (χ2n) is 6.21. The molecule has 27 heavy (non-hydrogen) atoms. The highest BCUT2D eigenvalue weighted by Gasteiger charge is 2.51. The van der Waals surface area contributed by atoms with Gasteiger partial charge in [0.1, 0.15) is 17.1 Å². The number of rotatable bonds is 5. The summed E-state index contributed by atoms with van der Waals surface area (Å²) in [5.41, 5.74) is 7.48. The number of nitrogens with two attached hydrogens (primary N) is 1. The molecule has 3 N–H and O–H groups in total. The van der Waals surface area contributed by atoms with E-state index in [1.807, 2.05) is 41.9 Å². The van der Waals surface area contributed by atoms with Crippen LogP contribution in [0.1, 0.15) is 0 Å². The molecule has 2 aromatic rings. The second-order valence-corrected chi connectivity index (χ2v) is 8.26. The minimum atomic E-state index is -1.10. The van der Waals surface area contributed by atoms with Gasteiger partial charge < -0.3 is 15.4 Å². The van der Waals surface area contributed by atoms with E-state index in [2.05, 4.69) is 10.2 Å². The number of hydrogen-bond acceptors (Lipinski definition) is 7. The van der Waals surface area contributed by atoms with Crippen molar-refractivity contribution in [3.8, 4) is 11.4 Å². The summed E-state index contributed by atoms with van der Waals surface area (Å²) in [5.74, 6) is 0.255. The molecule has 1 aromatic heterocycles. The minimum Gasteiger partial charge on any atom is -0.477 e. The normalized spacial score (nSPS) is 21.9. The van der Waals surface area contributed by atoms with Crippen LogP contribution >= 0.6 is 23.5 Å². The molecule has 2 aliphatic heterocycles. The molecule has 8 nitrogen and oxygen atoms in total. The number of fused-ring (bicyclic) bond motifs is 1. The molecule has 10 heteroatoms. The summed E-state index contributed by atoms with van der Waals surface area (Å²) in [4.78, 5) is 25.0. The third kappa shape index (κ3) is 3.03. The Morgan fingerprint density at radius 3 is 2.81 bits per heavy atom. The van der Waals surface area contributed by atoms with Gasteiger partial charge in [-0.25, -0.2) is 4.79 Å². The van der Waals surface area contributed by atoms with Gasteiger partial charge in [0.15, 0.2) is 11.0 Å². The van der Waals surface area contributed by atoms with Gasteiger partial charge in [0.2, 0.25) is 5.91 Å². The van der Waals surface area contributed by atoms with Crippen molar-refractivity contribution in [3.05, 3.63) is 41.6 Å². The molecule has 4 rings (SSSR count). The zero-order valence-corrected chi connectivity index (χ0v) is 16.0. The Morgan fingerprint density at radius 1 is 1.37 bits per heavy atom. The lowest BCUT2D eigenvalue weighted by Crippen LogP contribution is -2.68. The molecule has 1 saturated heterocycles. The maximum atomic E-state index is 12.0. The van der Waals surface area contributed by atoms with E-state index in [1.165, 1.54) is 28.4 Å². The number of thioether (sulfide) groups is 2. The fourth-order valence-electron chi connectivity index (χ4n) is 3.12. The van der Waals surface area contributed by atoms with Crippen LogP contribution in [0.2, 0.25) is 0 Å². The molecule has 0 bridgehead atoms. The summed E-state index contributed by atoms with van der Waals surface area (Å²) in [5, 5.41) is 18.5. The highest BCUT2D eigenvalue weighted by atomic mass is 32.2. The number of aromatic nitrogens is 3. The third-order valence-electron chi connectivity index (χ3n) is 4.53. The van der Waals surface area contributed by atoms with Crippen molar-refractivity contribution in [2.75, 3.05) is 11.5 Å². The standard InChI is InChI=1S/C17H17N5O3S2/c1-21-13(9-5-3-2-4-6-9)19-20-17(21)27-8-10-7-26-15-11(18)14(23)22(15)12(10)16(24)25/h2-6,11,15H,7-8,18H2,1H3,(H,24,25)/t11-,15?/m1/s1. The maximum absolute atomic E-state index is 12.0. The summed E-state index contributed by atoms with van der Waals surface area (Å²) < 4.78 is 1.88. The largest absolute Gasteiger partial charge is 0.477 e. The van der Waals surface area contributed by atoms with Crippen LogP contribution in [-0.2, 0) is 16.6 Å². The van der Waals surface area contributed by atoms with Crippen LogP contribution in [0.25, 0.3) is 11.4 Å². The summed E-state index contributed by atoms with van der Waals surface area (Å²) in [6, 6.07) is 9.11. The first-order valence-electron chi connectivity index (χ1n) is 8.22. The minimum absolute atomic E-state index is 0.0587. The van der Waals surface area contributed by atoms with E-state index in [4.69, 9.17) is 5.73 Å². The molecule has 0 saturated carbocycles. The lowest BCUT2D eigenvalue weighted by Gasteiger charge is -2.48. The second kappa shape index (κ2) is 7.02. The van der Waals surface area contributed by atoms with E-state index in [1.54, 1.807) is 0 Å². The van der Waals surface area contributed by atoms with Gasteiger partial charge in [-0.1, -0.05) is 42.1 Å². The Morgan fingerprint density at radius 2 is 2.11 bits per heavy atom. The van der Waals surface area contributed by atoms with Crippen LogP contribution in [0.4, 0.5) is 0 Å². The molecule has 140 valence electrons. The summed E-state index contributed by atoms with van der Waals surface area (Å²) in [6.45, 7) is 0. The molecule has 2 atom stereocenters. The van der Waals surface area contributed by atoms with Gasteiger partial charge in [-0.2, -0.15) is 0 Å². The van der Waals surface area contributed by atoms with Gasteiger partial charge in [-0.15, -0.1) is 22.0 Å². The summed E-state index contributed by atoms with van der Waals surface area (Å²) >= 11 is 2.90. The zero-order valence-electron chi connectivity index (χ0n) is 14.4. The highest BCUT2D eigenvalue weighted by molar-refractivity contribution is 8.01. The van der Waals surface area contributed by atoms with Gasteiger partial charge in [0.05, 0.1) is 0 Å². The number of carbonyl (C=O) groups excluding carboxylic acids is 1. The van der Waals surface area contributed by atoms with E-state index in [0.29, 0.717) is 22.2 Å². The molecular weight excluding hydrogens is 386 g/mol. The van der Waals surface area contributed by atoms with E-state index in [9.17, 15) is 14.7 Å².